The molecule has 0 unspecified atom stereocenters. The first kappa shape index (κ1) is 21.2. The number of nitrogens with one attached hydrogen (secondary N) is 1. The van der Waals surface area contributed by atoms with E-state index in [1.807, 2.05) is 48.5 Å². The van der Waals surface area contributed by atoms with Crippen LogP contribution in [0.4, 0.5) is 5.13 Å². The van der Waals surface area contributed by atoms with E-state index in [0.29, 0.717) is 23.4 Å². The summed E-state index contributed by atoms with van der Waals surface area (Å²) in [6.07, 6.45) is 2.33. The molecule has 1 aromatic heterocycles. The van der Waals surface area contributed by atoms with E-state index in [1.54, 1.807) is 12.1 Å². The highest BCUT2D eigenvalue weighted by atomic mass is 32.1. The summed E-state index contributed by atoms with van der Waals surface area (Å²) in [5.41, 5.74) is 1.80. The summed E-state index contributed by atoms with van der Waals surface area (Å²) in [6.45, 7) is 4.66. The van der Waals surface area contributed by atoms with Crippen molar-refractivity contribution in [1.29, 1.82) is 5.26 Å². The van der Waals surface area contributed by atoms with Crippen molar-refractivity contribution in [2.45, 2.75) is 26.9 Å². The van der Waals surface area contributed by atoms with Crippen molar-refractivity contribution in [2.75, 3.05) is 5.32 Å². The second kappa shape index (κ2) is 10.3. The topological polar surface area (TPSA) is 87.9 Å². The fraction of sp³-hybridized carbons (Fsp3) is 0.217. The molecule has 3 rings (SSSR count). The highest BCUT2D eigenvalue weighted by Gasteiger charge is 2.13. The van der Waals surface area contributed by atoms with Gasteiger partial charge >= 0.3 is 0 Å². The highest BCUT2D eigenvalue weighted by Crippen LogP contribution is 2.20. The SMILES string of the molecule is CC(C)Cc1nnc(NC(=O)/C(C#N)=C\c2ccc(OCc3ccccc3)cc2)s1. The van der Waals surface area contributed by atoms with Gasteiger partial charge in [0, 0.05) is 6.42 Å². The third-order valence-electron chi connectivity index (χ3n) is 4.07. The molecule has 0 bridgehead atoms. The highest BCUT2D eigenvalue weighted by molar-refractivity contribution is 7.15. The molecule has 0 spiro atoms. The summed E-state index contributed by atoms with van der Waals surface area (Å²) >= 11 is 1.32. The first-order valence-corrected chi connectivity index (χ1v) is 10.4. The van der Waals surface area contributed by atoms with Crippen LogP contribution >= 0.6 is 11.3 Å². The largest absolute Gasteiger partial charge is 0.489 e. The van der Waals surface area contributed by atoms with Gasteiger partial charge in [-0.1, -0.05) is 67.6 Å². The van der Waals surface area contributed by atoms with E-state index in [1.165, 1.54) is 17.4 Å². The molecule has 1 N–H and O–H groups in total. The molecule has 0 saturated carbocycles. The van der Waals surface area contributed by atoms with Crippen molar-refractivity contribution in [3.63, 3.8) is 0 Å². The number of benzene rings is 2. The van der Waals surface area contributed by atoms with E-state index < -0.39 is 5.91 Å². The zero-order valence-corrected chi connectivity index (χ0v) is 17.6. The maximum atomic E-state index is 12.4. The fourth-order valence-electron chi connectivity index (χ4n) is 2.62. The second-order valence-electron chi connectivity index (χ2n) is 7.07. The maximum Gasteiger partial charge on any atom is 0.268 e. The van der Waals surface area contributed by atoms with Gasteiger partial charge in [-0.3, -0.25) is 10.1 Å². The number of amides is 1. The van der Waals surface area contributed by atoms with Crippen LogP contribution in [0.1, 0.15) is 30.0 Å². The Kier molecular flexibility index (Phi) is 7.30. The van der Waals surface area contributed by atoms with Gasteiger partial charge in [0.2, 0.25) is 5.13 Å². The van der Waals surface area contributed by atoms with E-state index >= 15 is 0 Å². The number of hydrogen-bond acceptors (Lipinski definition) is 6. The van der Waals surface area contributed by atoms with Crippen LogP contribution in [0.15, 0.2) is 60.2 Å². The molecule has 0 fully saturated rings. The summed E-state index contributed by atoms with van der Waals surface area (Å²) in [5, 5.41) is 21.3. The Morgan fingerprint density at radius 3 is 2.57 bits per heavy atom. The van der Waals surface area contributed by atoms with Gasteiger partial charge in [-0.2, -0.15) is 5.26 Å². The van der Waals surface area contributed by atoms with Gasteiger partial charge in [0.05, 0.1) is 0 Å². The maximum absolute atomic E-state index is 12.4. The van der Waals surface area contributed by atoms with Crippen molar-refractivity contribution >= 4 is 28.5 Å². The minimum atomic E-state index is -0.505. The first-order valence-electron chi connectivity index (χ1n) is 9.56. The van der Waals surface area contributed by atoms with Crippen molar-refractivity contribution in [2.24, 2.45) is 5.92 Å². The zero-order chi connectivity index (χ0) is 21.3. The molecular formula is C23H22N4O2S. The number of ether oxygens (including phenoxy) is 1. The number of rotatable bonds is 8. The molecule has 6 nitrogen and oxygen atoms in total. The van der Waals surface area contributed by atoms with Crippen LogP contribution in [0.25, 0.3) is 6.08 Å². The van der Waals surface area contributed by atoms with Gasteiger partial charge in [-0.05, 0) is 35.3 Å². The van der Waals surface area contributed by atoms with Gasteiger partial charge in [0.15, 0.2) is 0 Å². The van der Waals surface area contributed by atoms with Crippen LogP contribution in [-0.2, 0) is 17.8 Å². The van der Waals surface area contributed by atoms with Crippen molar-refractivity contribution in [1.82, 2.24) is 10.2 Å². The smallest absolute Gasteiger partial charge is 0.268 e. The zero-order valence-electron chi connectivity index (χ0n) is 16.8. The average molecular weight is 419 g/mol. The Balaban J connectivity index is 1.61. The average Bonchev–Trinajstić information content (AvgIpc) is 3.18. The van der Waals surface area contributed by atoms with Crippen LogP contribution in [0.5, 0.6) is 5.75 Å². The molecule has 0 saturated heterocycles. The van der Waals surface area contributed by atoms with E-state index in [2.05, 4.69) is 29.4 Å². The second-order valence-corrected chi connectivity index (χ2v) is 8.13. The van der Waals surface area contributed by atoms with Gasteiger partial charge in [0.25, 0.3) is 5.91 Å². The molecule has 1 heterocycles. The molecule has 3 aromatic rings. The summed E-state index contributed by atoms with van der Waals surface area (Å²) in [6, 6.07) is 19.1. The quantitative estimate of drug-likeness (QED) is 0.417. The predicted molar refractivity (Wildman–Crippen MR) is 118 cm³/mol. The summed E-state index contributed by atoms with van der Waals surface area (Å²) in [4.78, 5) is 12.4. The fourth-order valence-corrected chi connectivity index (χ4v) is 3.56. The molecule has 30 heavy (non-hydrogen) atoms. The molecule has 0 atom stereocenters. The van der Waals surface area contributed by atoms with Crippen LogP contribution < -0.4 is 10.1 Å². The van der Waals surface area contributed by atoms with E-state index in [9.17, 15) is 10.1 Å². The minimum Gasteiger partial charge on any atom is -0.489 e. The number of anilines is 1. The molecule has 1 amide bonds. The number of hydrogen-bond donors (Lipinski definition) is 1. The Bertz CT molecular complexity index is 1050. The lowest BCUT2D eigenvalue weighted by atomic mass is 10.1. The van der Waals surface area contributed by atoms with Crippen LogP contribution in [0.3, 0.4) is 0 Å². The third-order valence-corrected chi connectivity index (χ3v) is 4.94. The Morgan fingerprint density at radius 2 is 1.90 bits per heavy atom. The number of aromatic nitrogens is 2. The molecule has 0 radical (unpaired) electrons. The normalized spacial score (nSPS) is 11.2. The molecule has 7 heteroatoms. The Morgan fingerprint density at radius 1 is 1.17 bits per heavy atom. The molecule has 0 aliphatic rings. The van der Waals surface area contributed by atoms with Crippen molar-refractivity contribution in [3.8, 4) is 11.8 Å². The molecular weight excluding hydrogens is 396 g/mol. The number of nitrogens with zero attached hydrogens (tertiary/aromatic N) is 3. The number of carbonyl (C=O) groups is 1. The summed E-state index contributed by atoms with van der Waals surface area (Å²) in [5.74, 6) is 0.662. The Labute approximate surface area is 179 Å². The first-order chi connectivity index (χ1) is 14.5. The third kappa shape index (κ3) is 6.26. The number of carbonyl (C=O) groups excluding carboxylic acids is 1. The van der Waals surface area contributed by atoms with Crippen LogP contribution in [0.2, 0.25) is 0 Å². The monoisotopic (exact) mass is 418 g/mol. The molecule has 152 valence electrons. The van der Waals surface area contributed by atoms with Gasteiger partial charge in [-0.15, -0.1) is 10.2 Å². The van der Waals surface area contributed by atoms with Crippen molar-refractivity contribution in [3.05, 3.63) is 76.3 Å². The van der Waals surface area contributed by atoms with Gasteiger partial charge in [0.1, 0.15) is 29.0 Å². The van der Waals surface area contributed by atoms with Gasteiger partial charge in [-0.25, -0.2) is 0 Å². The standard InChI is InChI=1S/C23H22N4O2S/c1-16(2)12-21-26-27-23(30-21)25-22(28)19(14-24)13-17-8-10-20(11-9-17)29-15-18-6-4-3-5-7-18/h3-11,13,16H,12,15H2,1-2H3,(H,25,27,28)/b19-13-. The van der Waals surface area contributed by atoms with Crippen molar-refractivity contribution < 1.29 is 9.53 Å². The molecule has 0 aliphatic carbocycles. The lowest BCUT2D eigenvalue weighted by molar-refractivity contribution is -0.112. The van der Waals surface area contributed by atoms with Crippen LogP contribution in [0, 0.1) is 17.2 Å². The summed E-state index contributed by atoms with van der Waals surface area (Å²) in [7, 11) is 0. The lowest BCUT2D eigenvalue weighted by Crippen LogP contribution is -2.13. The predicted octanol–water partition coefficient (Wildman–Crippen LogP) is 4.86. The molecule has 0 aliphatic heterocycles. The van der Waals surface area contributed by atoms with Gasteiger partial charge < -0.3 is 4.74 Å². The lowest BCUT2D eigenvalue weighted by Gasteiger charge is -2.06. The van der Waals surface area contributed by atoms with Crippen LogP contribution in [-0.4, -0.2) is 16.1 Å². The summed E-state index contributed by atoms with van der Waals surface area (Å²) < 4.78 is 5.76. The Hall–Kier alpha value is -3.50. The minimum absolute atomic E-state index is 0.00596. The van der Waals surface area contributed by atoms with E-state index in [4.69, 9.17) is 4.74 Å². The van der Waals surface area contributed by atoms with E-state index in [0.717, 1.165) is 22.6 Å². The molecule has 2 aromatic carbocycles. The number of nitriles is 1. The van der Waals surface area contributed by atoms with E-state index in [-0.39, 0.29) is 5.57 Å².